The molecule has 0 bridgehead atoms. The Labute approximate surface area is 98.1 Å². The smallest absolute Gasteiger partial charge is 0.234 e. The van der Waals surface area contributed by atoms with Crippen LogP contribution in [0.15, 0.2) is 0 Å². The highest BCUT2D eigenvalue weighted by atomic mass is 16.5. The fraction of sp³-hybridized carbons (Fsp3) is 0.917. The molecule has 0 radical (unpaired) electrons. The van der Waals surface area contributed by atoms with Crippen molar-refractivity contribution in [2.24, 2.45) is 0 Å². The van der Waals surface area contributed by atoms with Crippen molar-refractivity contribution >= 4 is 5.91 Å². The molecule has 0 aromatic rings. The summed E-state index contributed by atoms with van der Waals surface area (Å²) < 4.78 is 5.25. The van der Waals surface area contributed by atoms with Crippen LogP contribution in [0.4, 0.5) is 0 Å². The van der Waals surface area contributed by atoms with E-state index in [2.05, 4.69) is 31.4 Å². The first-order valence-corrected chi connectivity index (χ1v) is 6.15. The van der Waals surface area contributed by atoms with E-state index in [1.165, 1.54) is 0 Å². The van der Waals surface area contributed by atoms with E-state index in [0.29, 0.717) is 12.6 Å². The van der Waals surface area contributed by atoms with Gasteiger partial charge in [-0.2, -0.15) is 0 Å². The van der Waals surface area contributed by atoms with Gasteiger partial charge in [-0.3, -0.25) is 4.79 Å². The van der Waals surface area contributed by atoms with Gasteiger partial charge in [0, 0.05) is 24.8 Å². The molecule has 0 aromatic heterocycles. The molecule has 1 aliphatic rings. The third-order valence-corrected chi connectivity index (χ3v) is 3.20. The van der Waals surface area contributed by atoms with Crippen LogP contribution in [0, 0.1) is 0 Å². The number of rotatable bonds is 5. The van der Waals surface area contributed by atoms with Crippen LogP contribution in [-0.4, -0.2) is 37.2 Å². The van der Waals surface area contributed by atoms with Gasteiger partial charge in [-0.05, 0) is 33.1 Å². The average molecular weight is 228 g/mol. The van der Waals surface area contributed by atoms with Crippen LogP contribution in [-0.2, 0) is 9.53 Å². The maximum atomic E-state index is 11.7. The highest BCUT2D eigenvalue weighted by Crippen LogP contribution is 2.07. The molecular weight excluding hydrogens is 204 g/mol. The maximum absolute atomic E-state index is 11.7. The summed E-state index contributed by atoms with van der Waals surface area (Å²) >= 11 is 0. The van der Waals surface area contributed by atoms with E-state index >= 15 is 0 Å². The fourth-order valence-electron chi connectivity index (χ4n) is 1.57. The Morgan fingerprint density at radius 3 is 2.56 bits per heavy atom. The van der Waals surface area contributed by atoms with Gasteiger partial charge < -0.3 is 15.4 Å². The van der Waals surface area contributed by atoms with Crippen molar-refractivity contribution in [2.75, 3.05) is 19.8 Å². The van der Waals surface area contributed by atoms with Gasteiger partial charge in [-0.15, -0.1) is 0 Å². The van der Waals surface area contributed by atoms with Crippen molar-refractivity contribution in [2.45, 2.75) is 51.6 Å². The molecule has 0 unspecified atom stereocenters. The summed E-state index contributed by atoms with van der Waals surface area (Å²) in [5.74, 6) is 0.0911. The van der Waals surface area contributed by atoms with E-state index in [-0.39, 0.29) is 11.4 Å². The molecule has 1 aliphatic heterocycles. The normalized spacial score (nSPS) is 18.4. The molecule has 2 N–H and O–H groups in total. The summed E-state index contributed by atoms with van der Waals surface area (Å²) in [5.41, 5.74) is 0.0347. The molecule has 0 aromatic carbocycles. The molecule has 1 amide bonds. The summed E-state index contributed by atoms with van der Waals surface area (Å²) in [7, 11) is 0. The van der Waals surface area contributed by atoms with Crippen LogP contribution in [0.1, 0.15) is 40.0 Å². The third-order valence-electron chi connectivity index (χ3n) is 3.20. The molecule has 0 aliphatic carbocycles. The lowest BCUT2D eigenvalue weighted by Gasteiger charge is -2.26. The number of ether oxygens (including phenoxy) is 1. The molecular formula is C12H24N2O2. The van der Waals surface area contributed by atoms with Crippen molar-refractivity contribution in [3.05, 3.63) is 0 Å². The SMILES string of the molecule is CCC(C)(C)NCC(=O)NC1CCOCC1. The van der Waals surface area contributed by atoms with Crippen LogP contribution in [0.3, 0.4) is 0 Å². The van der Waals surface area contributed by atoms with E-state index in [4.69, 9.17) is 4.74 Å². The van der Waals surface area contributed by atoms with Crippen molar-refractivity contribution < 1.29 is 9.53 Å². The number of carbonyl (C=O) groups excluding carboxylic acids is 1. The molecule has 1 heterocycles. The van der Waals surface area contributed by atoms with Crippen LogP contribution in [0.25, 0.3) is 0 Å². The van der Waals surface area contributed by atoms with Crippen molar-refractivity contribution in [1.29, 1.82) is 0 Å². The van der Waals surface area contributed by atoms with E-state index in [0.717, 1.165) is 32.5 Å². The molecule has 1 fully saturated rings. The second-order valence-corrected chi connectivity index (χ2v) is 5.05. The minimum Gasteiger partial charge on any atom is -0.381 e. The predicted molar refractivity (Wildman–Crippen MR) is 64.4 cm³/mol. The van der Waals surface area contributed by atoms with Gasteiger partial charge in [0.2, 0.25) is 5.91 Å². The standard InChI is InChI=1S/C12H24N2O2/c1-4-12(2,3)13-9-11(15)14-10-5-7-16-8-6-10/h10,13H,4-9H2,1-3H3,(H,14,15). The number of nitrogens with one attached hydrogen (secondary N) is 2. The van der Waals surface area contributed by atoms with Gasteiger partial charge in [0.05, 0.1) is 6.54 Å². The van der Waals surface area contributed by atoms with E-state index in [1.54, 1.807) is 0 Å². The molecule has 1 rings (SSSR count). The quantitative estimate of drug-likeness (QED) is 0.740. The Morgan fingerprint density at radius 2 is 2.00 bits per heavy atom. The molecule has 1 saturated heterocycles. The summed E-state index contributed by atoms with van der Waals surface area (Å²) in [4.78, 5) is 11.7. The van der Waals surface area contributed by atoms with Gasteiger partial charge in [0.25, 0.3) is 0 Å². The fourth-order valence-corrected chi connectivity index (χ4v) is 1.57. The summed E-state index contributed by atoms with van der Waals surface area (Å²) in [6.45, 7) is 8.25. The third kappa shape index (κ3) is 4.94. The molecule has 4 heteroatoms. The Morgan fingerprint density at radius 1 is 1.38 bits per heavy atom. The molecule has 0 atom stereocenters. The van der Waals surface area contributed by atoms with Crippen LogP contribution in [0.5, 0.6) is 0 Å². The summed E-state index contributed by atoms with van der Waals surface area (Å²) in [6, 6.07) is 0.299. The van der Waals surface area contributed by atoms with Gasteiger partial charge in [-0.25, -0.2) is 0 Å². The number of amides is 1. The molecule has 4 nitrogen and oxygen atoms in total. The van der Waals surface area contributed by atoms with Gasteiger partial charge in [0.15, 0.2) is 0 Å². The summed E-state index contributed by atoms with van der Waals surface area (Å²) in [6.07, 6.45) is 2.88. The lowest BCUT2D eigenvalue weighted by Crippen LogP contribution is -2.48. The monoisotopic (exact) mass is 228 g/mol. The average Bonchev–Trinajstić information content (AvgIpc) is 2.28. The lowest BCUT2D eigenvalue weighted by molar-refractivity contribution is -0.121. The van der Waals surface area contributed by atoms with Gasteiger partial charge in [0.1, 0.15) is 0 Å². The largest absolute Gasteiger partial charge is 0.381 e. The van der Waals surface area contributed by atoms with Crippen molar-refractivity contribution in [3.8, 4) is 0 Å². The maximum Gasteiger partial charge on any atom is 0.234 e. The van der Waals surface area contributed by atoms with Crippen LogP contribution < -0.4 is 10.6 Å². The minimum atomic E-state index is 0.0347. The number of carbonyl (C=O) groups is 1. The Bertz CT molecular complexity index is 223. The highest BCUT2D eigenvalue weighted by Gasteiger charge is 2.18. The second-order valence-electron chi connectivity index (χ2n) is 5.05. The van der Waals surface area contributed by atoms with E-state index in [9.17, 15) is 4.79 Å². The Kier molecular flexibility index (Phi) is 5.22. The Hall–Kier alpha value is -0.610. The first-order chi connectivity index (χ1) is 7.53. The predicted octanol–water partition coefficient (Wildman–Crippen LogP) is 1.06. The zero-order valence-corrected chi connectivity index (χ0v) is 10.6. The van der Waals surface area contributed by atoms with Crippen LogP contribution >= 0.6 is 0 Å². The van der Waals surface area contributed by atoms with E-state index in [1.807, 2.05) is 0 Å². The number of hydrogen-bond acceptors (Lipinski definition) is 3. The molecule has 94 valence electrons. The van der Waals surface area contributed by atoms with Crippen molar-refractivity contribution in [3.63, 3.8) is 0 Å². The topological polar surface area (TPSA) is 50.4 Å². The molecule has 0 saturated carbocycles. The van der Waals surface area contributed by atoms with E-state index < -0.39 is 0 Å². The van der Waals surface area contributed by atoms with Gasteiger partial charge in [-0.1, -0.05) is 6.92 Å². The molecule has 16 heavy (non-hydrogen) atoms. The zero-order valence-electron chi connectivity index (χ0n) is 10.6. The Balaban J connectivity index is 2.19. The molecule has 0 spiro atoms. The number of hydrogen-bond donors (Lipinski definition) is 2. The lowest BCUT2D eigenvalue weighted by atomic mass is 10.0. The zero-order chi connectivity index (χ0) is 12.0. The van der Waals surface area contributed by atoms with Crippen LogP contribution in [0.2, 0.25) is 0 Å². The van der Waals surface area contributed by atoms with Gasteiger partial charge >= 0.3 is 0 Å². The van der Waals surface area contributed by atoms with Crippen molar-refractivity contribution in [1.82, 2.24) is 10.6 Å². The first kappa shape index (κ1) is 13.5. The highest BCUT2D eigenvalue weighted by molar-refractivity contribution is 5.78. The second kappa shape index (κ2) is 6.21. The summed E-state index contributed by atoms with van der Waals surface area (Å²) in [5, 5.41) is 6.29. The first-order valence-electron chi connectivity index (χ1n) is 6.15. The minimum absolute atomic E-state index is 0.0347.